The molecule has 0 aliphatic carbocycles. The third-order valence-electron chi connectivity index (χ3n) is 2.95. The molecule has 1 amide bonds. The molecule has 1 saturated heterocycles. The molecule has 2 heterocycles. The van der Waals surface area contributed by atoms with Gasteiger partial charge in [-0.2, -0.15) is 0 Å². The van der Waals surface area contributed by atoms with Crippen LogP contribution < -0.4 is 5.32 Å². The highest BCUT2D eigenvalue weighted by Gasteiger charge is 2.22. The first-order valence-electron chi connectivity index (χ1n) is 6.24. The summed E-state index contributed by atoms with van der Waals surface area (Å²) in [5, 5.41) is 12.2. The number of benzene rings is 1. The van der Waals surface area contributed by atoms with Gasteiger partial charge in [0, 0.05) is 16.6 Å². The molecule has 1 aromatic carbocycles. The largest absolute Gasteiger partial charge is 0.371 e. The van der Waals surface area contributed by atoms with Gasteiger partial charge in [-0.05, 0) is 31.0 Å². The number of hydrogen-bond donors (Lipinski definition) is 1. The van der Waals surface area contributed by atoms with Crippen molar-refractivity contribution >= 4 is 38.3 Å². The highest BCUT2D eigenvalue weighted by atomic mass is 79.9. The molecule has 5 nitrogen and oxygen atoms in total. The predicted molar refractivity (Wildman–Crippen MR) is 79.9 cm³/mol. The number of nitrogens with zero attached hydrogens (tertiary/aromatic N) is 2. The third-order valence-corrected chi connectivity index (χ3v) is 4.38. The van der Waals surface area contributed by atoms with E-state index in [1.54, 1.807) is 12.1 Å². The van der Waals surface area contributed by atoms with Crippen LogP contribution in [-0.2, 0) is 4.74 Å². The molecule has 1 atom stereocenters. The van der Waals surface area contributed by atoms with Crippen LogP contribution in [0.1, 0.15) is 34.3 Å². The maximum atomic E-state index is 12.1. The highest BCUT2D eigenvalue weighted by Crippen LogP contribution is 2.32. The van der Waals surface area contributed by atoms with Crippen LogP contribution in [0.5, 0.6) is 0 Å². The third kappa shape index (κ3) is 3.05. The minimum atomic E-state index is -0.193. The van der Waals surface area contributed by atoms with Gasteiger partial charge in [0.15, 0.2) is 0 Å². The van der Waals surface area contributed by atoms with Crippen molar-refractivity contribution in [2.24, 2.45) is 0 Å². The summed E-state index contributed by atoms with van der Waals surface area (Å²) in [6, 6.07) is 7.20. The molecule has 2 aromatic rings. The summed E-state index contributed by atoms with van der Waals surface area (Å²) in [6.45, 7) is 0.768. The van der Waals surface area contributed by atoms with E-state index in [9.17, 15) is 4.79 Å². The molecule has 1 N–H and O–H groups in total. The zero-order chi connectivity index (χ0) is 13.9. The quantitative estimate of drug-likeness (QED) is 0.918. The Bertz CT molecular complexity index is 626. The van der Waals surface area contributed by atoms with E-state index >= 15 is 0 Å². The van der Waals surface area contributed by atoms with Crippen LogP contribution >= 0.6 is 27.3 Å². The van der Waals surface area contributed by atoms with Crippen LogP contribution in [0.2, 0.25) is 0 Å². The summed E-state index contributed by atoms with van der Waals surface area (Å²) in [4.78, 5) is 12.1. The molecule has 0 saturated carbocycles. The molecule has 104 valence electrons. The normalized spacial score (nSPS) is 18.1. The van der Waals surface area contributed by atoms with Gasteiger partial charge in [0.2, 0.25) is 5.13 Å². The monoisotopic (exact) mass is 353 g/mol. The minimum absolute atomic E-state index is 0.0315. The average Bonchev–Trinajstić information content (AvgIpc) is 3.08. The molecule has 1 unspecified atom stereocenters. The van der Waals surface area contributed by atoms with Gasteiger partial charge >= 0.3 is 0 Å². The molecule has 0 bridgehead atoms. The molecule has 0 spiro atoms. The van der Waals surface area contributed by atoms with Crippen molar-refractivity contribution in [3.8, 4) is 0 Å². The Labute approximate surface area is 128 Å². The number of ether oxygens (including phenoxy) is 1. The Kier molecular flexibility index (Phi) is 4.09. The van der Waals surface area contributed by atoms with Gasteiger partial charge in [-0.25, -0.2) is 0 Å². The lowest BCUT2D eigenvalue weighted by Gasteiger charge is -2.03. The summed E-state index contributed by atoms with van der Waals surface area (Å²) in [5.74, 6) is -0.193. The molecule has 1 aliphatic heterocycles. The highest BCUT2D eigenvalue weighted by molar-refractivity contribution is 9.10. The summed E-state index contributed by atoms with van der Waals surface area (Å²) < 4.78 is 6.41. The van der Waals surface area contributed by atoms with E-state index in [0.29, 0.717) is 10.7 Å². The SMILES string of the molecule is O=C(Nc1nnc(C2CCCO2)s1)c1cccc(Br)c1. The summed E-state index contributed by atoms with van der Waals surface area (Å²) in [7, 11) is 0. The first kappa shape index (κ1) is 13.7. The number of rotatable bonds is 3. The number of carbonyl (C=O) groups excluding carboxylic acids is 1. The standard InChI is InChI=1S/C13H12BrN3O2S/c14-9-4-1-3-8(7-9)11(18)15-13-17-16-12(20-13)10-5-2-6-19-10/h1,3-4,7,10H,2,5-6H2,(H,15,17,18). The van der Waals surface area contributed by atoms with E-state index in [2.05, 4.69) is 31.4 Å². The van der Waals surface area contributed by atoms with E-state index < -0.39 is 0 Å². The maximum Gasteiger partial charge on any atom is 0.257 e. The second kappa shape index (κ2) is 5.99. The lowest BCUT2D eigenvalue weighted by Crippen LogP contribution is -2.11. The Morgan fingerprint density at radius 1 is 1.45 bits per heavy atom. The Hall–Kier alpha value is -1.31. The van der Waals surface area contributed by atoms with E-state index in [4.69, 9.17) is 4.74 Å². The number of hydrogen-bond acceptors (Lipinski definition) is 5. The smallest absolute Gasteiger partial charge is 0.257 e. The van der Waals surface area contributed by atoms with Crippen molar-refractivity contribution in [2.75, 3.05) is 11.9 Å². The van der Waals surface area contributed by atoms with E-state index in [1.807, 2.05) is 12.1 Å². The second-order valence-corrected chi connectivity index (χ2v) is 6.34. The molecular weight excluding hydrogens is 342 g/mol. The van der Waals surface area contributed by atoms with Crippen LogP contribution in [0.3, 0.4) is 0 Å². The van der Waals surface area contributed by atoms with Crippen LogP contribution in [-0.4, -0.2) is 22.7 Å². The van der Waals surface area contributed by atoms with E-state index in [0.717, 1.165) is 28.9 Å². The lowest BCUT2D eigenvalue weighted by molar-refractivity contribution is 0.102. The first-order chi connectivity index (χ1) is 9.72. The van der Waals surface area contributed by atoms with Gasteiger partial charge in [-0.1, -0.05) is 33.3 Å². The van der Waals surface area contributed by atoms with Crippen LogP contribution in [0, 0.1) is 0 Å². The summed E-state index contributed by atoms with van der Waals surface area (Å²) in [6.07, 6.45) is 2.04. The Balaban J connectivity index is 1.70. The van der Waals surface area contributed by atoms with Crippen molar-refractivity contribution < 1.29 is 9.53 Å². The first-order valence-corrected chi connectivity index (χ1v) is 7.85. The number of nitrogens with one attached hydrogen (secondary N) is 1. The average molecular weight is 354 g/mol. The number of aromatic nitrogens is 2. The molecule has 1 aliphatic rings. The molecule has 0 radical (unpaired) electrons. The fourth-order valence-corrected chi connectivity index (χ4v) is 3.21. The van der Waals surface area contributed by atoms with E-state index in [1.165, 1.54) is 11.3 Å². The summed E-state index contributed by atoms with van der Waals surface area (Å²) >= 11 is 4.71. The lowest BCUT2D eigenvalue weighted by atomic mass is 10.2. The second-order valence-electron chi connectivity index (χ2n) is 4.41. The van der Waals surface area contributed by atoms with Crippen molar-refractivity contribution in [3.05, 3.63) is 39.3 Å². The maximum absolute atomic E-state index is 12.1. The van der Waals surface area contributed by atoms with Crippen LogP contribution in [0.4, 0.5) is 5.13 Å². The van der Waals surface area contributed by atoms with Gasteiger partial charge in [-0.15, -0.1) is 10.2 Å². The van der Waals surface area contributed by atoms with Gasteiger partial charge in [0.25, 0.3) is 5.91 Å². The predicted octanol–water partition coefficient (Wildman–Crippen LogP) is 3.40. The molecule has 3 rings (SSSR count). The fourth-order valence-electron chi connectivity index (χ4n) is 1.99. The van der Waals surface area contributed by atoms with Crippen LogP contribution in [0.15, 0.2) is 28.7 Å². The van der Waals surface area contributed by atoms with Crippen molar-refractivity contribution in [1.82, 2.24) is 10.2 Å². The van der Waals surface area contributed by atoms with Crippen molar-refractivity contribution in [1.29, 1.82) is 0 Å². The molecular formula is C13H12BrN3O2S. The Morgan fingerprint density at radius 2 is 2.35 bits per heavy atom. The fraction of sp³-hybridized carbons (Fsp3) is 0.308. The summed E-state index contributed by atoms with van der Waals surface area (Å²) in [5.41, 5.74) is 0.577. The molecule has 20 heavy (non-hydrogen) atoms. The minimum Gasteiger partial charge on any atom is -0.371 e. The number of halogens is 1. The number of amides is 1. The Morgan fingerprint density at radius 3 is 3.10 bits per heavy atom. The van der Waals surface area contributed by atoms with Crippen molar-refractivity contribution in [2.45, 2.75) is 18.9 Å². The molecule has 1 aromatic heterocycles. The van der Waals surface area contributed by atoms with Gasteiger partial charge < -0.3 is 4.74 Å². The van der Waals surface area contributed by atoms with Crippen molar-refractivity contribution in [3.63, 3.8) is 0 Å². The topological polar surface area (TPSA) is 64.1 Å². The number of anilines is 1. The number of carbonyl (C=O) groups is 1. The molecule has 1 fully saturated rings. The van der Waals surface area contributed by atoms with Gasteiger partial charge in [-0.3, -0.25) is 10.1 Å². The zero-order valence-corrected chi connectivity index (χ0v) is 12.9. The molecule has 7 heteroatoms. The van der Waals surface area contributed by atoms with Crippen LogP contribution in [0.25, 0.3) is 0 Å². The zero-order valence-electron chi connectivity index (χ0n) is 10.5. The van der Waals surface area contributed by atoms with Gasteiger partial charge in [0.1, 0.15) is 11.1 Å². The van der Waals surface area contributed by atoms with E-state index in [-0.39, 0.29) is 12.0 Å². The van der Waals surface area contributed by atoms with Gasteiger partial charge in [0.05, 0.1) is 0 Å².